The van der Waals surface area contributed by atoms with Gasteiger partial charge in [0.2, 0.25) is 0 Å². The van der Waals surface area contributed by atoms with Gasteiger partial charge < -0.3 is 15.4 Å². The highest BCUT2D eigenvalue weighted by molar-refractivity contribution is 14.0. The maximum absolute atomic E-state index is 6.30. The third-order valence-electron chi connectivity index (χ3n) is 5.29. The normalized spacial score (nSPS) is 14.5. The number of benzene rings is 1. The van der Waals surface area contributed by atoms with E-state index in [0.29, 0.717) is 25.2 Å². The molecule has 1 aromatic carbocycles. The smallest absolute Gasteiger partial charge is 0.191 e. The number of halogens is 1. The van der Waals surface area contributed by atoms with E-state index in [1.807, 2.05) is 28.8 Å². The van der Waals surface area contributed by atoms with Crippen molar-refractivity contribution in [3.8, 4) is 5.75 Å². The molecule has 0 radical (unpaired) electrons. The van der Waals surface area contributed by atoms with Crippen LogP contribution in [0.25, 0.3) is 5.65 Å². The summed E-state index contributed by atoms with van der Waals surface area (Å²) in [7, 11) is 1.77. The van der Waals surface area contributed by atoms with Crippen molar-refractivity contribution in [2.75, 3.05) is 7.05 Å². The SMILES string of the molecule is CN=C(NCc1ccc(C)cc1OC1CCCC1)NCc1nnc2ccccn12.I. The quantitative estimate of drug-likeness (QED) is 0.294. The van der Waals surface area contributed by atoms with Gasteiger partial charge in [0.25, 0.3) is 0 Å². The van der Waals surface area contributed by atoms with Crippen LogP contribution in [0.15, 0.2) is 47.6 Å². The molecular formula is C22H29IN6O. The summed E-state index contributed by atoms with van der Waals surface area (Å²) in [6, 6.07) is 12.2. The molecule has 7 nitrogen and oxygen atoms in total. The Balaban J connectivity index is 0.00000256. The molecule has 2 N–H and O–H groups in total. The second-order valence-corrected chi connectivity index (χ2v) is 7.46. The molecule has 160 valence electrons. The lowest BCUT2D eigenvalue weighted by molar-refractivity contribution is 0.207. The van der Waals surface area contributed by atoms with Gasteiger partial charge in [-0.3, -0.25) is 9.39 Å². The van der Waals surface area contributed by atoms with Crippen LogP contribution in [0.4, 0.5) is 0 Å². The number of pyridine rings is 1. The van der Waals surface area contributed by atoms with Crippen molar-refractivity contribution in [3.05, 3.63) is 59.5 Å². The van der Waals surface area contributed by atoms with Crippen LogP contribution in [0, 0.1) is 6.92 Å². The molecule has 0 aliphatic heterocycles. The van der Waals surface area contributed by atoms with Crippen molar-refractivity contribution in [1.82, 2.24) is 25.2 Å². The fraction of sp³-hybridized carbons (Fsp3) is 0.409. The van der Waals surface area contributed by atoms with Gasteiger partial charge in [-0.05, 0) is 56.4 Å². The van der Waals surface area contributed by atoms with Crippen LogP contribution in [0.2, 0.25) is 0 Å². The topological polar surface area (TPSA) is 75.8 Å². The van der Waals surface area contributed by atoms with E-state index in [1.165, 1.54) is 18.4 Å². The lowest BCUT2D eigenvalue weighted by atomic mass is 10.1. The maximum atomic E-state index is 6.30. The molecule has 2 heterocycles. The standard InChI is InChI=1S/C22H28N6O.HI/c1-16-10-11-17(19(13-16)29-18-7-3-4-8-18)14-24-22(23-2)25-15-21-27-26-20-9-5-6-12-28(20)21;/h5-6,9-13,18H,3-4,7-8,14-15H2,1-2H3,(H2,23,24,25);1H. The van der Waals surface area contributed by atoms with Gasteiger partial charge >= 0.3 is 0 Å². The molecule has 1 fully saturated rings. The van der Waals surface area contributed by atoms with Crippen molar-refractivity contribution in [2.24, 2.45) is 4.99 Å². The Bertz CT molecular complexity index is 996. The van der Waals surface area contributed by atoms with Crippen molar-refractivity contribution in [1.29, 1.82) is 0 Å². The number of rotatable bonds is 6. The molecular weight excluding hydrogens is 491 g/mol. The maximum Gasteiger partial charge on any atom is 0.191 e. The Hall–Kier alpha value is -2.36. The number of aliphatic imine (C=N–C) groups is 1. The van der Waals surface area contributed by atoms with Crippen molar-refractivity contribution < 1.29 is 4.74 Å². The Morgan fingerprint density at radius 2 is 1.93 bits per heavy atom. The van der Waals surface area contributed by atoms with Crippen LogP contribution in [-0.2, 0) is 13.1 Å². The molecule has 1 aliphatic carbocycles. The highest BCUT2D eigenvalue weighted by Gasteiger charge is 2.18. The zero-order chi connectivity index (χ0) is 20.1. The van der Waals surface area contributed by atoms with Crippen LogP contribution in [-0.4, -0.2) is 33.7 Å². The predicted octanol–water partition coefficient (Wildman–Crippen LogP) is 3.84. The minimum absolute atomic E-state index is 0. The first kappa shape index (κ1) is 22.3. The molecule has 0 unspecified atom stereocenters. The number of aryl methyl sites for hydroxylation is 1. The molecule has 1 aliphatic rings. The molecule has 0 amide bonds. The van der Waals surface area contributed by atoms with Gasteiger partial charge in [-0.2, -0.15) is 0 Å². The Labute approximate surface area is 194 Å². The lowest BCUT2D eigenvalue weighted by Gasteiger charge is -2.18. The number of hydrogen-bond acceptors (Lipinski definition) is 4. The van der Waals surface area contributed by atoms with E-state index in [2.05, 4.69) is 50.9 Å². The largest absolute Gasteiger partial charge is 0.490 e. The first-order chi connectivity index (χ1) is 14.2. The van der Waals surface area contributed by atoms with Crippen molar-refractivity contribution in [3.63, 3.8) is 0 Å². The van der Waals surface area contributed by atoms with E-state index in [9.17, 15) is 0 Å². The van der Waals surface area contributed by atoms with E-state index >= 15 is 0 Å². The van der Waals surface area contributed by atoms with Gasteiger partial charge in [0.05, 0.1) is 12.6 Å². The highest BCUT2D eigenvalue weighted by Crippen LogP contribution is 2.27. The van der Waals surface area contributed by atoms with Crippen LogP contribution < -0.4 is 15.4 Å². The average molecular weight is 520 g/mol. The second kappa shape index (κ2) is 10.6. The summed E-state index contributed by atoms with van der Waals surface area (Å²) in [5.74, 6) is 2.53. The van der Waals surface area contributed by atoms with Crippen LogP contribution in [0.5, 0.6) is 5.75 Å². The number of ether oxygens (including phenoxy) is 1. The van der Waals surface area contributed by atoms with Gasteiger partial charge in [0, 0.05) is 25.4 Å². The lowest BCUT2D eigenvalue weighted by Crippen LogP contribution is -2.36. The molecule has 2 aromatic heterocycles. The van der Waals surface area contributed by atoms with E-state index in [-0.39, 0.29) is 24.0 Å². The molecule has 4 rings (SSSR count). The first-order valence-corrected chi connectivity index (χ1v) is 10.2. The molecule has 30 heavy (non-hydrogen) atoms. The molecule has 0 saturated heterocycles. The average Bonchev–Trinajstić information content (AvgIpc) is 3.39. The predicted molar refractivity (Wildman–Crippen MR) is 130 cm³/mol. The minimum atomic E-state index is 0. The summed E-state index contributed by atoms with van der Waals surface area (Å²) >= 11 is 0. The number of nitrogens with zero attached hydrogens (tertiary/aromatic N) is 4. The van der Waals surface area contributed by atoms with Crippen LogP contribution in [0.3, 0.4) is 0 Å². The second-order valence-electron chi connectivity index (χ2n) is 7.46. The molecule has 0 spiro atoms. The van der Waals surface area contributed by atoms with Crippen LogP contribution >= 0.6 is 24.0 Å². The molecule has 1 saturated carbocycles. The molecule has 0 atom stereocenters. The van der Waals surface area contributed by atoms with E-state index in [0.717, 1.165) is 35.6 Å². The van der Waals surface area contributed by atoms with Crippen molar-refractivity contribution >= 4 is 35.6 Å². The zero-order valence-electron chi connectivity index (χ0n) is 17.5. The number of hydrogen-bond donors (Lipinski definition) is 2. The van der Waals surface area contributed by atoms with Gasteiger partial charge in [-0.1, -0.05) is 18.2 Å². The number of aromatic nitrogens is 3. The van der Waals surface area contributed by atoms with Gasteiger partial charge in [-0.15, -0.1) is 34.2 Å². The first-order valence-electron chi connectivity index (χ1n) is 10.2. The summed E-state index contributed by atoms with van der Waals surface area (Å²) in [4.78, 5) is 4.33. The van der Waals surface area contributed by atoms with Gasteiger partial charge in [0.15, 0.2) is 17.4 Å². The fourth-order valence-corrected chi connectivity index (χ4v) is 3.68. The third kappa shape index (κ3) is 5.41. The van der Waals surface area contributed by atoms with Gasteiger partial charge in [-0.25, -0.2) is 0 Å². The number of fused-ring (bicyclic) bond motifs is 1. The highest BCUT2D eigenvalue weighted by atomic mass is 127. The zero-order valence-corrected chi connectivity index (χ0v) is 19.8. The van der Waals surface area contributed by atoms with Crippen molar-refractivity contribution in [2.45, 2.75) is 51.8 Å². The summed E-state index contributed by atoms with van der Waals surface area (Å²) in [6.45, 7) is 3.27. The summed E-state index contributed by atoms with van der Waals surface area (Å²) in [5, 5.41) is 15.1. The monoisotopic (exact) mass is 520 g/mol. The molecule has 0 bridgehead atoms. The summed E-state index contributed by atoms with van der Waals surface area (Å²) in [6.07, 6.45) is 7.12. The molecule has 3 aromatic rings. The summed E-state index contributed by atoms with van der Waals surface area (Å²) < 4.78 is 8.26. The van der Waals surface area contributed by atoms with E-state index < -0.39 is 0 Å². The third-order valence-corrected chi connectivity index (χ3v) is 5.29. The Morgan fingerprint density at radius 1 is 1.13 bits per heavy atom. The fourth-order valence-electron chi connectivity index (χ4n) is 3.68. The number of nitrogens with one attached hydrogen (secondary N) is 2. The Morgan fingerprint density at radius 3 is 2.73 bits per heavy atom. The van der Waals surface area contributed by atoms with Gasteiger partial charge in [0.1, 0.15) is 5.75 Å². The van der Waals surface area contributed by atoms with E-state index in [1.54, 1.807) is 7.05 Å². The number of guanidine groups is 1. The minimum Gasteiger partial charge on any atom is -0.490 e. The van der Waals surface area contributed by atoms with E-state index in [4.69, 9.17) is 4.74 Å². The Kier molecular flexibility index (Phi) is 7.89. The van der Waals surface area contributed by atoms with Crippen LogP contribution in [0.1, 0.15) is 42.6 Å². The molecule has 8 heteroatoms. The summed E-state index contributed by atoms with van der Waals surface area (Å²) in [5.41, 5.74) is 3.18.